The third kappa shape index (κ3) is 1.92. The molecule has 2 saturated carbocycles. The van der Waals surface area contributed by atoms with E-state index in [9.17, 15) is 0 Å². The predicted molar refractivity (Wildman–Crippen MR) is 83.6 cm³/mol. The first-order chi connectivity index (χ1) is 9.81. The summed E-state index contributed by atoms with van der Waals surface area (Å²) in [5.74, 6) is 2.84. The van der Waals surface area contributed by atoms with Crippen molar-refractivity contribution in [3.8, 4) is 0 Å². The molecule has 104 valence electrons. The van der Waals surface area contributed by atoms with E-state index in [0.29, 0.717) is 0 Å². The van der Waals surface area contributed by atoms with Crippen molar-refractivity contribution in [1.29, 1.82) is 0 Å². The highest BCUT2D eigenvalue weighted by atomic mass is 14.9. The van der Waals surface area contributed by atoms with Gasteiger partial charge in [0.25, 0.3) is 0 Å². The van der Waals surface area contributed by atoms with Crippen molar-refractivity contribution < 1.29 is 0 Å². The van der Waals surface area contributed by atoms with E-state index in [0.717, 1.165) is 35.4 Å². The number of nitrogens with zero attached hydrogens (tertiary/aromatic N) is 1. The molecule has 0 radical (unpaired) electrons. The van der Waals surface area contributed by atoms with Crippen molar-refractivity contribution >= 4 is 22.1 Å². The molecule has 1 aromatic carbocycles. The lowest BCUT2D eigenvalue weighted by atomic mass is 9.89. The molecule has 0 spiro atoms. The fourth-order valence-electron chi connectivity index (χ4n) is 4.23. The first-order valence-corrected chi connectivity index (χ1v) is 7.67. The number of aromatic nitrogens is 1. The summed E-state index contributed by atoms with van der Waals surface area (Å²) in [5, 5.41) is 5.89. The maximum absolute atomic E-state index is 6.03. The lowest BCUT2D eigenvalue weighted by Gasteiger charge is -2.23. The van der Waals surface area contributed by atoms with Crippen LogP contribution in [0.15, 0.2) is 30.6 Å². The molecule has 2 bridgehead atoms. The molecule has 0 saturated heterocycles. The molecule has 2 aromatic rings. The second kappa shape index (κ2) is 4.65. The third-order valence-electron chi connectivity index (χ3n) is 5.29. The molecule has 0 amide bonds. The molecule has 1 aromatic heterocycles. The van der Waals surface area contributed by atoms with E-state index in [1.165, 1.54) is 36.8 Å². The Morgan fingerprint density at radius 3 is 2.90 bits per heavy atom. The monoisotopic (exact) mass is 267 g/mol. The number of nitrogen functional groups attached to an aromatic ring is 1. The van der Waals surface area contributed by atoms with Crippen LogP contribution in [0.3, 0.4) is 0 Å². The minimum Gasteiger partial charge on any atom is -0.398 e. The number of hydrogen-bond acceptors (Lipinski definition) is 3. The summed E-state index contributed by atoms with van der Waals surface area (Å²) in [7, 11) is 0. The van der Waals surface area contributed by atoms with Crippen LogP contribution in [0.2, 0.25) is 0 Å². The molecule has 3 heteroatoms. The Morgan fingerprint density at radius 1 is 1.15 bits per heavy atom. The topological polar surface area (TPSA) is 50.9 Å². The van der Waals surface area contributed by atoms with Crippen molar-refractivity contribution in [2.75, 3.05) is 17.6 Å². The Bertz CT molecular complexity index is 637. The van der Waals surface area contributed by atoms with Crippen LogP contribution in [0.4, 0.5) is 11.4 Å². The molecule has 3 atom stereocenters. The summed E-state index contributed by atoms with van der Waals surface area (Å²) >= 11 is 0. The van der Waals surface area contributed by atoms with Gasteiger partial charge in [0, 0.05) is 41.1 Å². The van der Waals surface area contributed by atoms with Gasteiger partial charge in [0.15, 0.2) is 0 Å². The Morgan fingerprint density at radius 2 is 2.10 bits per heavy atom. The predicted octanol–water partition coefficient (Wildman–Crippen LogP) is 3.67. The van der Waals surface area contributed by atoms with Crippen molar-refractivity contribution in [1.82, 2.24) is 4.98 Å². The number of nitrogens with one attached hydrogen (secondary N) is 1. The van der Waals surface area contributed by atoms with E-state index < -0.39 is 0 Å². The molecular weight excluding hydrogens is 246 g/mol. The van der Waals surface area contributed by atoms with Crippen molar-refractivity contribution in [2.24, 2.45) is 17.8 Å². The van der Waals surface area contributed by atoms with Gasteiger partial charge < -0.3 is 11.1 Å². The highest BCUT2D eigenvalue weighted by Crippen LogP contribution is 2.48. The lowest BCUT2D eigenvalue weighted by molar-refractivity contribution is 0.348. The summed E-state index contributed by atoms with van der Waals surface area (Å²) in [6.07, 6.45) is 9.50. The summed E-state index contributed by atoms with van der Waals surface area (Å²) in [5.41, 5.74) is 8.02. The fraction of sp³-hybridized carbons (Fsp3) is 0.471. The van der Waals surface area contributed by atoms with E-state index in [1.807, 2.05) is 18.5 Å². The van der Waals surface area contributed by atoms with Crippen LogP contribution in [-0.4, -0.2) is 11.5 Å². The van der Waals surface area contributed by atoms with Crippen molar-refractivity contribution in [3.63, 3.8) is 0 Å². The molecular formula is C17H21N3. The molecule has 1 heterocycles. The summed E-state index contributed by atoms with van der Waals surface area (Å²) < 4.78 is 0. The van der Waals surface area contributed by atoms with Crippen LogP contribution in [0, 0.1) is 17.8 Å². The largest absolute Gasteiger partial charge is 0.398 e. The molecule has 0 aliphatic heterocycles. The Balaban J connectivity index is 1.56. The number of anilines is 2. The number of nitrogens with two attached hydrogens (primary N) is 1. The quantitative estimate of drug-likeness (QED) is 0.834. The minimum atomic E-state index is 0.804. The van der Waals surface area contributed by atoms with Crippen LogP contribution >= 0.6 is 0 Å². The Labute approximate surface area is 119 Å². The Hall–Kier alpha value is -1.77. The number of hydrogen-bond donors (Lipinski definition) is 2. The maximum atomic E-state index is 6.03. The van der Waals surface area contributed by atoms with Gasteiger partial charge in [0.05, 0.1) is 0 Å². The van der Waals surface area contributed by atoms with Gasteiger partial charge in [-0.25, -0.2) is 0 Å². The van der Waals surface area contributed by atoms with Gasteiger partial charge in [-0.3, -0.25) is 4.98 Å². The summed E-state index contributed by atoms with van der Waals surface area (Å²) in [6, 6.07) is 6.13. The molecule has 2 aliphatic rings. The number of fused-ring (bicyclic) bond motifs is 3. The number of rotatable bonds is 3. The molecule has 2 fully saturated rings. The molecule has 3 nitrogen and oxygen atoms in total. The summed E-state index contributed by atoms with van der Waals surface area (Å²) in [6.45, 7) is 1.10. The standard InChI is InChI=1S/C17H21N3/c18-16-3-4-17(14-5-6-19-10-15(14)16)20-9-13-8-11-1-2-12(13)7-11/h3-6,10-13,20H,1-2,7-9,18H2. The van der Waals surface area contributed by atoms with Crippen molar-refractivity contribution in [3.05, 3.63) is 30.6 Å². The van der Waals surface area contributed by atoms with E-state index >= 15 is 0 Å². The molecule has 2 aliphatic carbocycles. The van der Waals surface area contributed by atoms with Crippen LogP contribution in [-0.2, 0) is 0 Å². The van der Waals surface area contributed by atoms with Gasteiger partial charge in [-0.15, -0.1) is 0 Å². The molecule has 20 heavy (non-hydrogen) atoms. The van der Waals surface area contributed by atoms with Crippen LogP contribution in [0.1, 0.15) is 25.7 Å². The van der Waals surface area contributed by atoms with Crippen LogP contribution in [0.5, 0.6) is 0 Å². The number of benzene rings is 1. The van der Waals surface area contributed by atoms with Crippen LogP contribution < -0.4 is 11.1 Å². The summed E-state index contributed by atoms with van der Waals surface area (Å²) in [4.78, 5) is 4.18. The van der Waals surface area contributed by atoms with Gasteiger partial charge in [-0.2, -0.15) is 0 Å². The van der Waals surface area contributed by atoms with E-state index in [4.69, 9.17) is 5.73 Å². The van der Waals surface area contributed by atoms with Crippen LogP contribution in [0.25, 0.3) is 10.8 Å². The normalized spacial score (nSPS) is 28.1. The highest BCUT2D eigenvalue weighted by Gasteiger charge is 2.39. The first kappa shape index (κ1) is 12.0. The van der Waals surface area contributed by atoms with E-state index in [1.54, 1.807) is 0 Å². The fourth-order valence-corrected chi connectivity index (χ4v) is 4.23. The van der Waals surface area contributed by atoms with E-state index in [-0.39, 0.29) is 0 Å². The zero-order valence-electron chi connectivity index (χ0n) is 11.7. The third-order valence-corrected chi connectivity index (χ3v) is 5.29. The highest BCUT2D eigenvalue weighted by molar-refractivity contribution is 6.00. The SMILES string of the molecule is Nc1ccc(NCC2CC3CCC2C3)c2ccncc12. The minimum absolute atomic E-state index is 0.804. The van der Waals surface area contributed by atoms with Gasteiger partial charge in [-0.1, -0.05) is 6.42 Å². The Kier molecular flexibility index (Phi) is 2.79. The zero-order chi connectivity index (χ0) is 13.5. The lowest BCUT2D eigenvalue weighted by Crippen LogP contribution is -2.20. The molecule has 4 rings (SSSR count). The second-order valence-electron chi connectivity index (χ2n) is 6.44. The first-order valence-electron chi connectivity index (χ1n) is 7.67. The number of pyridine rings is 1. The smallest absolute Gasteiger partial charge is 0.0422 e. The zero-order valence-corrected chi connectivity index (χ0v) is 11.7. The van der Waals surface area contributed by atoms with Gasteiger partial charge in [0.2, 0.25) is 0 Å². The van der Waals surface area contributed by atoms with Crippen molar-refractivity contribution in [2.45, 2.75) is 25.7 Å². The average Bonchev–Trinajstić information content (AvgIpc) is 3.09. The van der Waals surface area contributed by atoms with E-state index in [2.05, 4.69) is 22.4 Å². The maximum Gasteiger partial charge on any atom is 0.0422 e. The molecule has 3 N–H and O–H groups in total. The molecule has 3 unspecified atom stereocenters. The van der Waals surface area contributed by atoms with Gasteiger partial charge >= 0.3 is 0 Å². The average molecular weight is 267 g/mol. The second-order valence-corrected chi connectivity index (χ2v) is 6.44. The van der Waals surface area contributed by atoms with Gasteiger partial charge in [-0.05, 0) is 55.2 Å². The van der Waals surface area contributed by atoms with Gasteiger partial charge in [0.1, 0.15) is 0 Å².